The topological polar surface area (TPSA) is 149 Å². The zero-order valence-corrected chi connectivity index (χ0v) is 16.5. The minimum absolute atomic E-state index is 0.00942. The predicted octanol–water partition coefficient (Wildman–Crippen LogP) is -0.169. The Balaban J connectivity index is 2.57. The lowest BCUT2D eigenvalue weighted by molar-refractivity contribution is -0.174. The standard InChI is InChI=1S/C17H20N4O8/c1-8(22)27-7-12(28-9(2)23)14(29-10(3)24)11-6-18-15-13(19-11)16(25)21(4)17(20-15)26-5/h6,12,14H,7H2,1-5H3/t12-,14-/m1/s1. The lowest BCUT2D eigenvalue weighted by Gasteiger charge is -2.25. The third-order valence-electron chi connectivity index (χ3n) is 3.64. The molecule has 156 valence electrons. The van der Waals surface area contributed by atoms with Crippen molar-refractivity contribution in [3.05, 3.63) is 22.2 Å². The van der Waals surface area contributed by atoms with E-state index in [0.717, 1.165) is 18.4 Å². The van der Waals surface area contributed by atoms with Crippen LogP contribution in [0.4, 0.5) is 0 Å². The molecular weight excluding hydrogens is 388 g/mol. The van der Waals surface area contributed by atoms with Crippen LogP contribution < -0.4 is 10.3 Å². The molecule has 12 nitrogen and oxygen atoms in total. The van der Waals surface area contributed by atoms with Gasteiger partial charge in [0.25, 0.3) is 5.56 Å². The van der Waals surface area contributed by atoms with E-state index in [-0.39, 0.29) is 22.9 Å². The molecule has 2 heterocycles. The minimum atomic E-state index is -1.28. The number of rotatable bonds is 7. The molecule has 12 heteroatoms. The summed E-state index contributed by atoms with van der Waals surface area (Å²) in [5, 5.41) is 0. The third-order valence-corrected chi connectivity index (χ3v) is 3.64. The van der Waals surface area contributed by atoms with Gasteiger partial charge < -0.3 is 18.9 Å². The van der Waals surface area contributed by atoms with Crippen LogP contribution >= 0.6 is 0 Å². The molecule has 2 aromatic rings. The van der Waals surface area contributed by atoms with E-state index in [1.807, 2.05) is 0 Å². The number of methoxy groups -OCH3 is 1. The van der Waals surface area contributed by atoms with Crippen LogP contribution in [0.5, 0.6) is 6.01 Å². The van der Waals surface area contributed by atoms with Gasteiger partial charge in [-0.25, -0.2) is 9.97 Å². The molecule has 0 spiro atoms. The van der Waals surface area contributed by atoms with E-state index in [2.05, 4.69) is 15.0 Å². The zero-order chi connectivity index (χ0) is 21.7. The average Bonchev–Trinajstić information content (AvgIpc) is 2.65. The fraction of sp³-hybridized carbons (Fsp3) is 0.471. The SMILES string of the molecule is COc1nc2ncc([C@@H](OC(C)=O)[C@@H](COC(C)=O)OC(C)=O)nc2c(=O)n1C. The van der Waals surface area contributed by atoms with E-state index in [1.165, 1.54) is 27.3 Å². The normalized spacial score (nSPS) is 12.7. The van der Waals surface area contributed by atoms with E-state index in [0.29, 0.717) is 0 Å². The van der Waals surface area contributed by atoms with Crippen LogP contribution in [-0.2, 0) is 35.6 Å². The maximum atomic E-state index is 12.5. The summed E-state index contributed by atoms with van der Waals surface area (Å²) in [6, 6.07) is 0.0359. The van der Waals surface area contributed by atoms with Crippen LogP contribution in [0.1, 0.15) is 32.6 Å². The molecule has 0 fully saturated rings. The first-order chi connectivity index (χ1) is 13.6. The average molecular weight is 408 g/mol. The van der Waals surface area contributed by atoms with Gasteiger partial charge in [0, 0.05) is 27.8 Å². The van der Waals surface area contributed by atoms with E-state index >= 15 is 0 Å². The molecule has 0 saturated carbocycles. The Hall–Kier alpha value is -3.57. The van der Waals surface area contributed by atoms with Gasteiger partial charge in [-0.05, 0) is 0 Å². The number of fused-ring (bicyclic) bond motifs is 1. The number of ether oxygens (including phenoxy) is 4. The summed E-state index contributed by atoms with van der Waals surface area (Å²) in [6.07, 6.45) is -1.27. The van der Waals surface area contributed by atoms with Crippen molar-refractivity contribution in [2.24, 2.45) is 7.05 Å². The Labute approximate surface area is 164 Å². The second-order valence-corrected chi connectivity index (χ2v) is 5.91. The molecule has 0 amide bonds. The van der Waals surface area contributed by atoms with Crippen molar-refractivity contribution in [2.45, 2.75) is 33.0 Å². The van der Waals surface area contributed by atoms with E-state index in [9.17, 15) is 19.2 Å². The fourth-order valence-corrected chi connectivity index (χ4v) is 2.45. The number of esters is 3. The first-order valence-electron chi connectivity index (χ1n) is 8.39. The van der Waals surface area contributed by atoms with Gasteiger partial charge in [-0.1, -0.05) is 0 Å². The number of hydrogen-bond donors (Lipinski definition) is 0. The van der Waals surface area contributed by atoms with Crippen LogP contribution in [0.3, 0.4) is 0 Å². The Morgan fingerprint density at radius 2 is 1.72 bits per heavy atom. The van der Waals surface area contributed by atoms with Gasteiger partial charge in [-0.3, -0.25) is 23.7 Å². The van der Waals surface area contributed by atoms with E-state index in [1.54, 1.807) is 0 Å². The van der Waals surface area contributed by atoms with Gasteiger partial charge >= 0.3 is 23.9 Å². The molecule has 0 aliphatic rings. The molecule has 0 aliphatic carbocycles. The lowest BCUT2D eigenvalue weighted by atomic mass is 10.1. The Morgan fingerprint density at radius 1 is 1.07 bits per heavy atom. The van der Waals surface area contributed by atoms with Crippen molar-refractivity contribution in [3.8, 4) is 6.01 Å². The fourth-order valence-electron chi connectivity index (χ4n) is 2.45. The second-order valence-electron chi connectivity index (χ2n) is 5.91. The molecule has 0 N–H and O–H groups in total. The summed E-state index contributed by atoms with van der Waals surface area (Å²) in [5.41, 5.74) is -0.640. The summed E-state index contributed by atoms with van der Waals surface area (Å²) >= 11 is 0. The highest BCUT2D eigenvalue weighted by molar-refractivity contribution is 5.70. The number of carbonyl (C=O) groups excluding carboxylic acids is 3. The van der Waals surface area contributed by atoms with Crippen molar-refractivity contribution < 1.29 is 33.3 Å². The monoisotopic (exact) mass is 408 g/mol. The van der Waals surface area contributed by atoms with Crippen LogP contribution in [0, 0.1) is 0 Å². The molecule has 0 aromatic carbocycles. The van der Waals surface area contributed by atoms with Crippen molar-refractivity contribution in [2.75, 3.05) is 13.7 Å². The van der Waals surface area contributed by atoms with Crippen molar-refractivity contribution in [1.29, 1.82) is 0 Å². The minimum Gasteiger partial charge on any atom is -0.468 e. The van der Waals surface area contributed by atoms with Gasteiger partial charge in [0.2, 0.25) is 0 Å². The van der Waals surface area contributed by atoms with Crippen LogP contribution in [0.2, 0.25) is 0 Å². The largest absolute Gasteiger partial charge is 0.468 e. The van der Waals surface area contributed by atoms with Crippen LogP contribution in [0.15, 0.2) is 11.0 Å². The highest BCUT2D eigenvalue weighted by Crippen LogP contribution is 2.24. The van der Waals surface area contributed by atoms with Crippen molar-refractivity contribution in [1.82, 2.24) is 19.5 Å². The maximum absolute atomic E-state index is 12.5. The first-order valence-corrected chi connectivity index (χ1v) is 8.39. The highest BCUT2D eigenvalue weighted by Gasteiger charge is 2.32. The lowest BCUT2D eigenvalue weighted by Crippen LogP contribution is -2.33. The maximum Gasteiger partial charge on any atom is 0.303 e. The third kappa shape index (κ3) is 5.24. The van der Waals surface area contributed by atoms with Gasteiger partial charge in [0.1, 0.15) is 12.3 Å². The molecule has 0 aliphatic heterocycles. The van der Waals surface area contributed by atoms with Gasteiger partial charge in [-0.15, -0.1) is 0 Å². The van der Waals surface area contributed by atoms with Gasteiger partial charge in [0.15, 0.2) is 23.4 Å². The van der Waals surface area contributed by atoms with Crippen molar-refractivity contribution in [3.63, 3.8) is 0 Å². The molecule has 2 rings (SSSR count). The van der Waals surface area contributed by atoms with Crippen molar-refractivity contribution >= 4 is 29.1 Å². The number of carbonyl (C=O) groups is 3. The Kier molecular flexibility index (Phi) is 6.80. The molecule has 2 aromatic heterocycles. The number of hydrogen-bond acceptors (Lipinski definition) is 11. The second kappa shape index (κ2) is 9.08. The van der Waals surface area contributed by atoms with Gasteiger partial charge in [-0.2, -0.15) is 4.98 Å². The molecule has 0 bridgehead atoms. The summed E-state index contributed by atoms with van der Waals surface area (Å²) in [4.78, 5) is 59.2. The molecule has 0 unspecified atom stereocenters. The quantitative estimate of drug-likeness (QED) is 0.444. The van der Waals surface area contributed by atoms with Crippen LogP contribution in [0.25, 0.3) is 11.2 Å². The Morgan fingerprint density at radius 3 is 2.28 bits per heavy atom. The number of nitrogens with zero attached hydrogens (tertiary/aromatic N) is 4. The van der Waals surface area contributed by atoms with Gasteiger partial charge in [0.05, 0.1) is 13.3 Å². The van der Waals surface area contributed by atoms with E-state index in [4.69, 9.17) is 18.9 Å². The Bertz CT molecular complexity index is 1000. The molecule has 0 radical (unpaired) electrons. The summed E-state index contributed by atoms with van der Waals surface area (Å²) < 4.78 is 21.4. The summed E-state index contributed by atoms with van der Waals surface area (Å²) in [5.74, 6) is -2.04. The molecule has 0 saturated heterocycles. The first kappa shape index (κ1) is 21.7. The van der Waals surface area contributed by atoms with Crippen LogP contribution in [-0.4, -0.2) is 57.2 Å². The molecule has 2 atom stereocenters. The highest BCUT2D eigenvalue weighted by atomic mass is 16.6. The smallest absolute Gasteiger partial charge is 0.303 e. The molecule has 29 heavy (non-hydrogen) atoms. The van der Waals surface area contributed by atoms with E-state index < -0.39 is 42.3 Å². The molecular formula is C17H20N4O8. The predicted molar refractivity (Wildman–Crippen MR) is 95.8 cm³/mol. The summed E-state index contributed by atoms with van der Waals surface area (Å²) in [7, 11) is 2.79. The summed E-state index contributed by atoms with van der Waals surface area (Å²) in [6.45, 7) is 3.06. The number of aromatic nitrogens is 4. The zero-order valence-electron chi connectivity index (χ0n) is 16.5.